The number of carboxylic acids is 1. The van der Waals surface area contributed by atoms with Crippen molar-refractivity contribution >= 4 is 16.0 Å². The van der Waals surface area contributed by atoms with E-state index >= 15 is 0 Å². The fourth-order valence-corrected chi connectivity index (χ4v) is 1.47. The van der Waals surface area contributed by atoms with Gasteiger partial charge in [0.25, 0.3) is 0 Å². The summed E-state index contributed by atoms with van der Waals surface area (Å²) in [4.78, 5) is 10.8. The normalized spacial score (nSPS) is 16.2. The molecule has 0 heterocycles. The molecule has 0 aliphatic carbocycles. The molecule has 0 aromatic rings. The van der Waals surface area contributed by atoms with E-state index in [-0.39, 0.29) is 12.3 Å². The number of sulfonamides is 1. The van der Waals surface area contributed by atoms with Gasteiger partial charge in [-0.3, -0.25) is 4.79 Å². The molecule has 0 spiro atoms. The first-order chi connectivity index (χ1) is 6.27. The quantitative estimate of drug-likeness (QED) is 0.684. The molecule has 0 fully saturated rings. The van der Waals surface area contributed by atoms with Crippen LogP contribution in [0, 0.1) is 5.41 Å². The highest BCUT2D eigenvalue weighted by Crippen LogP contribution is 2.20. The number of carbonyl (C=O) groups is 1. The molecule has 0 aliphatic rings. The molecule has 6 heteroatoms. The second kappa shape index (κ2) is 4.75. The number of hydrogen-bond acceptors (Lipinski definition) is 3. The van der Waals surface area contributed by atoms with Crippen LogP contribution in [0.4, 0.5) is 0 Å². The predicted molar refractivity (Wildman–Crippen MR) is 53.5 cm³/mol. The summed E-state index contributed by atoms with van der Waals surface area (Å²) in [6.45, 7) is 4.68. The number of aliphatic carboxylic acids is 1. The summed E-state index contributed by atoms with van der Waals surface area (Å²) < 4.78 is 24.4. The van der Waals surface area contributed by atoms with Gasteiger partial charge in [0.05, 0.1) is 11.2 Å². The van der Waals surface area contributed by atoms with Gasteiger partial charge < -0.3 is 5.11 Å². The summed E-state index contributed by atoms with van der Waals surface area (Å²) in [6, 6.07) is 0. The van der Waals surface area contributed by atoms with Gasteiger partial charge in [-0.15, -0.1) is 0 Å². The first kappa shape index (κ1) is 13.4. The highest BCUT2D eigenvalue weighted by Gasteiger charge is 2.32. The Kier molecular flexibility index (Phi) is 4.54. The van der Waals surface area contributed by atoms with Crippen molar-refractivity contribution in [2.45, 2.75) is 27.2 Å². The van der Waals surface area contributed by atoms with Crippen LogP contribution in [-0.4, -0.2) is 31.8 Å². The van der Waals surface area contributed by atoms with Gasteiger partial charge in [0.15, 0.2) is 0 Å². The van der Waals surface area contributed by atoms with Gasteiger partial charge in [-0.1, -0.05) is 6.92 Å². The lowest BCUT2D eigenvalue weighted by Crippen LogP contribution is -2.41. The van der Waals surface area contributed by atoms with Crippen molar-refractivity contribution in [2.24, 2.45) is 5.41 Å². The van der Waals surface area contributed by atoms with E-state index in [4.69, 9.17) is 5.11 Å². The van der Waals surface area contributed by atoms with Crippen molar-refractivity contribution < 1.29 is 18.3 Å². The van der Waals surface area contributed by atoms with Crippen molar-refractivity contribution in [2.75, 3.05) is 12.3 Å². The van der Waals surface area contributed by atoms with Gasteiger partial charge >= 0.3 is 5.97 Å². The van der Waals surface area contributed by atoms with Crippen molar-refractivity contribution in [3.05, 3.63) is 0 Å². The molecular formula is C8H17NO4S. The molecule has 5 nitrogen and oxygen atoms in total. The zero-order valence-electron chi connectivity index (χ0n) is 8.70. The number of rotatable bonds is 6. The van der Waals surface area contributed by atoms with Crippen LogP contribution in [0.25, 0.3) is 0 Å². The molecular weight excluding hydrogens is 206 g/mol. The standard InChI is InChI=1S/C8H17NO4S/c1-4-8(3,7(10)11)6-9-14(12,13)5-2/h9H,4-6H2,1-3H3,(H,10,11). The summed E-state index contributed by atoms with van der Waals surface area (Å²) in [5.74, 6) is -1.02. The molecule has 84 valence electrons. The molecule has 0 rings (SSSR count). The fourth-order valence-electron chi connectivity index (χ4n) is 0.723. The molecule has 0 amide bonds. The van der Waals surface area contributed by atoms with E-state index in [9.17, 15) is 13.2 Å². The minimum atomic E-state index is -3.31. The Balaban J connectivity index is 4.44. The topological polar surface area (TPSA) is 83.5 Å². The van der Waals surface area contributed by atoms with Crippen molar-refractivity contribution in [3.8, 4) is 0 Å². The molecule has 0 bridgehead atoms. The second-order valence-electron chi connectivity index (χ2n) is 3.44. The lowest BCUT2D eigenvalue weighted by atomic mass is 9.88. The molecule has 0 radical (unpaired) electrons. The van der Waals surface area contributed by atoms with Crippen LogP contribution in [0.5, 0.6) is 0 Å². The SMILES string of the molecule is CCC(C)(CNS(=O)(=O)CC)C(=O)O. The van der Waals surface area contributed by atoms with E-state index in [0.29, 0.717) is 6.42 Å². The first-order valence-electron chi connectivity index (χ1n) is 4.48. The third-order valence-corrected chi connectivity index (χ3v) is 3.70. The largest absolute Gasteiger partial charge is 0.481 e. The van der Waals surface area contributed by atoms with Gasteiger partial charge in [0, 0.05) is 6.54 Å². The smallest absolute Gasteiger partial charge is 0.310 e. The second-order valence-corrected chi connectivity index (χ2v) is 5.54. The van der Waals surface area contributed by atoms with Crippen LogP contribution in [0.15, 0.2) is 0 Å². The lowest BCUT2D eigenvalue weighted by molar-refractivity contribution is -0.147. The summed E-state index contributed by atoms with van der Waals surface area (Å²) in [6.07, 6.45) is 0.383. The van der Waals surface area contributed by atoms with Gasteiger partial charge in [-0.2, -0.15) is 0 Å². The highest BCUT2D eigenvalue weighted by atomic mass is 32.2. The van der Waals surface area contributed by atoms with Gasteiger partial charge in [0.2, 0.25) is 10.0 Å². The third kappa shape index (κ3) is 3.63. The van der Waals surface area contributed by atoms with Gasteiger partial charge in [-0.05, 0) is 20.3 Å². The van der Waals surface area contributed by atoms with Crippen LogP contribution < -0.4 is 4.72 Å². The summed E-state index contributed by atoms with van der Waals surface area (Å²) >= 11 is 0. The summed E-state index contributed by atoms with van der Waals surface area (Å²) in [5.41, 5.74) is -1.03. The Morgan fingerprint density at radius 3 is 2.21 bits per heavy atom. The zero-order valence-corrected chi connectivity index (χ0v) is 9.52. The van der Waals surface area contributed by atoms with Crippen LogP contribution in [-0.2, 0) is 14.8 Å². The Morgan fingerprint density at radius 2 is 1.93 bits per heavy atom. The average molecular weight is 223 g/mol. The maximum absolute atomic E-state index is 11.1. The number of carboxylic acid groups (broad SMARTS) is 1. The average Bonchev–Trinajstić information content (AvgIpc) is 2.14. The van der Waals surface area contributed by atoms with Gasteiger partial charge in [-0.25, -0.2) is 13.1 Å². The maximum atomic E-state index is 11.1. The minimum Gasteiger partial charge on any atom is -0.481 e. The highest BCUT2D eigenvalue weighted by molar-refractivity contribution is 7.89. The monoisotopic (exact) mass is 223 g/mol. The number of nitrogens with one attached hydrogen (secondary N) is 1. The van der Waals surface area contributed by atoms with E-state index in [1.54, 1.807) is 6.92 Å². The Labute approximate surface area is 84.6 Å². The molecule has 0 aromatic heterocycles. The number of hydrogen-bond donors (Lipinski definition) is 2. The van der Waals surface area contributed by atoms with Crippen LogP contribution in [0.1, 0.15) is 27.2 Å². The van der Waals surface area contributed by atoms with E-state index in [2.05, 4.69) is 4.72 Å². The van der Waals surface area contributed by atoms with E-state index in [1.807, 2.05) is 0 Å². The zero-order chi connectivity index (χ0) is 11.4. The summed E-state index contributed by atoms with van der Waals surface area (Å²) in [5, 5.41) is 8.87. The van der Waals surface area contributed by atoms with Crippen LogP contribution >= 0.6 is 0 Å². The van der Waals surface area contributed by atoms with Crippen molar-refractivity contribution in [1.82, 2.24) is 4.72 Å². The van der Waals surface area contributed by atoms with Crippen molar-refractivity contribution in [1.29, 1.82) is 0 Å². The fraction of sp³-hybridized carbons (Fsp3) is 0.875. The van der Waals surface area contributed by atoms with E-state index in [1.165, 1.54) is 13.8 Å². The molecule has 2 N–H and O–H groups in total. The first-order valence-corrected chi connectivity index (χ1v) is 6.13. The molecule has 0 saturated heterocycles. The molecule has 1 unspecified atom stereocenters. The molecule has 0 aromatic carbocycles. The van der Waals surface area contributed by atoms with Gasteiger partial charge in [0.1, 0.15) is 0 Å². The van der Waals surface area contributed by atoms with E-state index < -0.39 is 21.4 Å². The third-order valence-electron chi connectivity index (χ3n) is 2.36. The molecule has 0 aliphatic heterocycles. The Bertz CT molecular complexity index is 298. The molecule has 1 atom stereocenters. The Morgan fingerprint density at radius 1 is 1.43 bits per heavy atom. The maximum Gasteiger partial charge on any atom is 0.310 e. The molecule has 14 heavy (non-hydrogen) atoms. The van der Waals surface area contributed by atoms with Crippen molar-refractivity contribution in [3.63, 3.8) is 0 Å². The van der Waals surface area contributed by atoms with Crippen LogP contribution in [0.3, 0.4) is 0 Å². The predicted octanol–water partition coefficient (Wildman–Crippen LogP) is 0.427. The summed E-state index contributed by atoms with van der Waals surface area (Å²) in [7, 11) is -3.31. The minimum absolute atomic E-state index is 0.0353. The van der Waals surface area contributed by atoms with Crippen LogP contribution in [0.2, 0.25) is 0 Å². The molecule has 0 saturated carbocycles. The lowest BCUT2D eigenvalue weighted by Gasteiger charge is -2.22. The van der Waals surface area contributed by atoms with E-state index in [0.717, 1.165) is 0 Å². The Hall–Kier alpha value is -0.620.